The molecule has 0 saturated carbocycles. The van der Waals surface area contributed by atoms with Gasteiger partial charge in [0.05, 0.1) is 20.3 Å². The summed E-state index contributed by atoms with van der Waals surface area (Å²) < 4.78 is 12.9. The minimum Gasteiger partial charge on any atom is -0.497 e. The first-order chi connectivity index (χ1) is 20.1. The predicted molar refractivity (Wildman–Crippen MR) is 158 cm³/mol. The van der Waals surface area contributed by atoms with E-state index in [0.29, 0.717) is 24.5 Å². The Morgan fingerprint density at radius 2 is 1.68 bits per heavy atom. The number of piperazine rings is 1. The molecule has 41 heavy (non-hydrogen) atoms. The van der Waals surface area contributed by atoms with Gasteiger partial charge in [-0.1, -0.05) is 30.3 Å². The molecule has 5 aromatic rings. The Morgan fingerprint density at radius 1 is 0.927 bits per heavy atom. The molecule has 10 nitrogen and oxygen atoms in total. The van der Waals surface area contributed by atoms with Crippen molar-refractivity contribution >= 4 is 16.6 Å². The molecule has 1 saturated heterocycles. The van der Waals surface area contributed by atoms with E-state index in [-0.39, 0.29) is 5.56 Å². The number of ether oxygens (including phenoxy) is 2. The Balaban J connectivity index is 1.37. The second kappa shape index (κ2) is 11.8. The monoisotopic (exact) mass is 551 g/mol. The van der Waals surface area contributed by atoms with Crippen LogP contribution in [0.1, 0.15) is 29.9 Å². The minimum atomic E-state index is -0.435. The van der Waals surface area contributed by atoms with Gasteiger partial charge in [-0.05, 0) is 71.4 Å². The van der Waals surface area contributed by atoms with Crippen LogP contribution >= 0.6 is 0 Å². The van der Waals surface area contributed by atoms with Gasteiger partial charge in [-0.15, -0.1) is 5.10 Å². The number of aromatic nitrogens is 5. The maximum Gasteiger partial charge on any atom is 0.253 e. The number of hydrogen-bond acceptors (Lipinski definition) is 8. The van der Waals surface area contributed by atoms with Crippen LogP contribution in [0.4, 0.5) is 5.69 Å². The van der Waals surface area contributed by atoms with Crippen LogP contribution in [0, 0.1) is 0 Å². The largest absolute Gasteiger partial charge is 0.497 e. The fourth-order valence-corrected chi connectivity index (χ4v) is 5.47. The van der Waals surface area contributed by atoms with Crippen LogP contribution in [-0.2, 0) is 6.54 Å². The number of benzene rings is 3. The molecule has 1 unspecified atom stereocenters. The number of methoxy groups -OCH3 is 1. The van der Waals surface area contributed by atoms with Crippen LogP contribution < -0.4 is 19.9 Å². The lowest BCUT2D eigenvalue weighted by atomic mass is 10.0. The lowest BCUT2D eigenvalue weighted by Gasteiger charge is -2.39. The Labute approximate surface area is 238 Å². The van der Waals surface area contributed by atoms with Gasteiger partial charge in [0.15, 0.2) is 5.82 Å². The summed E-state index contributed by atoms with van der Waals surface area (Å²) in [6.45, 7) is 6.07. The smallest absolute Gasteiger partial charge is 0.253 e. The molecule has 1 fully saturated rings. The molecule has 1 atom stereocenters. The molecule has 1 aliphatic heterocycles. The molecular formula is C31H33N7O3. The van der Waals surface area contributed by atoms with E-state index in [1.807, 2.05) is 73.7 Å². The fourth-order valence-electron chi connectivity index (χ4n) is 5.47. The van der Waals surface area contributed by atoms with Crippen LogP contribution in [0.5, 0.6) is 11.5 Å². The van der Waals surface area contributed by atoms with Crippen molar-refractivity contribution in [2.24, 2.45) is 0 Å². The second-order valence-corrected chi connectivity index (χ2v) is 10.0. The molecule has 1 aliphatic rings. The quantitative estimate of drug-likeness (QED) is 0.295. The molecular weight excluding hydrogens is 518 g/mol. The molecule has 0 amide bonds. The van der Waals surface area contributed by atoms with Gasteiger partial charge in [-0.2, -0.15) is 0 Å². The van der Waals surface area contributed by atoms with Crippen molar-refractivity contribution in [3.05, 3.63) is 106 Å². The van der Waals surface area contributed by atoms with Crippen LogP contribution in [-0.4, -0.2) is 70.0 Å². The van der Waals surface area contributed by atoms with Crippen molar-refractivity contribution in [2.75, 3.05) is 44.8 Å². The molecule has 0 radical (unpaired) electrons. The van der Waals surface area contributed by atoms with E-state index in [9.17, 15) is 4.79 Å². The van der Waals surface area contributed by atoms with Crippen molar-refractivity contribution in [1.29, 1.82) is 0 Å². The molecule has 0 bridgehead atoms. The number of anilines is 1. The number of aromatic amines is 1. The van der Waals surface area contributed by atoms with E-state index in [4.69, 9.17) is 9.47 Å². The summed E-state index contributed by atoms with van der Waals surface area (Å²) in [7, 11) is 1.67. The Morgan fingerprint density at radius 3 is 2.41 bits per heavy atom. The van der Waals surface area contributed by atoms with Crippen molar-refractivity contribution < 1.29 is 9.47 Å². The number of H-pyrrole nitrogens is 1. The highest BCUT2D eigenvalue weighted by Crippen LogP contribution is 2.30. The van der Waals surface area contributed by atoms with Gasteiger partial charge in [-0.3, -0.25) is 9.69 Å². The Bertz CT molecular complexity index is 1660. The normalized spacial score (nSPS) is 14.7. The lowest BCUT2D eigenvalue weighted by Crippen LogP contribution is -2.49. The fraction of sp³-hybridized carbons (Fsp3) is 0.290. The molecule has 1 N–H and O–H groups in total. The minimum absolute atomic E-state index is 0.154. The van der Waals surface area contributed by atoms with Crippen molar-refractivity contribution in [3.8, 4) is 11.5 Å². The average Bonchev–Trinajstić information content (AvgIpc) is 3.46. The number of hydrogen-bond donors (Lipinski definition) is 1. The first-order valence-corrected chi connectivity index (χ1v) is 13.9. The Kier molecular flexibility index (Phi) is 7.64. The highest BCUT2D eigenvalue weighted by Gasteiger charge is 2.33. The number of rotatable bonds is 9. The van der Waals surface area contributed by atoms with Gasteiger partial charge < -0.3 is 19.4 Å². The van der Waals surface area contributed by atoms with E-state index in [0.717, 1.165) is 59.8 Å². The summed E-state index contributed by atoms with van der Waals surface area (Å²) in [4.78, 5) is 21.4. The number of fused-ring (bicyclic) bond motifs is 1. The van der Waals surface area contributed by atoms with Gasteiger partial charge in [0, 0.05) is 48.3 Å². The van der Waals surface area contributed by atoms with Gasteiger partial charge in [0.25, 0.3) is 5.56 Å². The van der Waals surface area contributed by atoms with Gasteiger partial charge in [-0.25, -0.2) is 4.68 Å². The third-order valence-electron chi connectivity index (χ3n) is 7.55. The number of tetrazole rings is 1. The van der Waals surface area contributed by atoms with Gasteiger partial charge in [0.2, 0.25) is 0 Å². The first-order valence-electron chi connectivity index (χ1n) is 13.9. The second-order valence-electron chi connectivity index (χ2n) is 10.0. The van der Waals surface area contributed by atoms with Gasteiger partial charge in [0.1, 0.15) is 17.5 Å². The van der Waals surface area contributed by atoms with Crippen molar-refractivity contribution in [1.82, 2.24) is 30.1 Å². The summed E-state index contributed by atoms with van der Waals surface area (Å²) in [6, 6.07) is 25.4. The zero-order chi connectivity index (χ0) is 28.2. The summed E-state index contributed by atoms with van der Waals surface area (Å²) in [5, 5.41) is 13.8. The van der Waals surface area contributed by atoms with Crippen LogP contribution in [0.15, 0.2) is 83.7 Å². The zero-order valence-electron chi connectivity index (χ0n) is 23.2. The molecule has 3 heterocycles. The van der Waals surface area contributed by atoms with Crippen LogP contribution in [0.25, 0.3) is 10.9 Å². The maximum absolute atomic E-state index is 13.6. The first kappa shape index (κ1) is 26.5. The third kappa shape index (κ3) is 5.64. The number of nitrogens with one attached hydrogen (secondary N) is 1. The van der Waals surface area contributed by atoms with E-state index in [2.05, 4.69) is 42.4 Å². The summed E-state index contributed by atoms with van der Waals surface area (Å²) >= 11 is 0. The predicted octanol–water partition coefficient (Wildman–Crippen LogP) is 3.88. The Hall–Kier alpha value is -4.70. The highest BCUT2D eigenvalue weighted by atomic mass is 16.5. The molecule has 210 valence electrons. The molecule has 6 rings (SSSR count). The number of nitrogens with zero attached hydrogens (tertiary/aromatic N) is 6. The highest BCUT2D eigenvalue weighted by molar-refractivity contribution is 5.80. The van der Waals surface area contributed by atoms with E-state index in [1.165, 1.54) is 0 Å². The standard InChI is InChI=1S/C31H33N7O3/c1-3-41-26-13-14-28-23(19-26)20-27(31(39)32-28)29(30-33-34-35-38(30)21-22-7-5-4-6-8-22)37-17-15-36(16-18-37)24-9-11-25(40-2)12-10-24/h4-14,19-20,29H,3,15-18,21H2,1-2H3,(H,32,39). The van der Waals surface area contributed by atoms with E-state index >= 15 is 0 Å². The SMILES string of the molecule is CCOc1ccc2[nH]c(=O)c(C(c3nnnn3Cc3ccccc3)N3CCN(c4ccc(OC)cc4)CC3)cc2c1. The molecule has 3 aromatic carbocycles. The number of pyridine rings is 1. The zero-order valence-corrected chi connectivity index (χ0v) is 23.2. The molecule has 2 aromatic heterocycles. The van der Waals surface area contributed by atoms with E-state index < -0.39 is 6.04 Å². The lowest BCUT2D eigenvalue weighted by molar-refractivity contribution is 0.200. The molecule has 0 aliphatic carbocycles. The third-order valence-corrected chi connectivity index (χ3v) is 7.55. The summed E-state index contributed by atoms with van der Waals surface area (Å²) in [5.41, 5.74) is 3.43. The van der Waals surface area contributed by atoms with E-state index in [1.54, 1.807) is 11.8 Å². The van der Waals surface area contributed by atoms with Crippen molar-refractivity contribution in [2.45, 2.75) is 19.5 Å². The maximum atomic E-state index is 13.6. The van der Waals surface area contributed by atoms with Crippen molar-refractivity contribution in [3.63, 3.8) is 0 Å². The van der Waals surface area contributed by atoms with Crippen LogP contribution in [0.2, 0.25) is 0 Å². The molecule has 10 heteroatoms. The topological polar surface area (TPSA) is 101 Å². The van der Waals surface area contributed by atoms with Gasteiger partial charge >= 0.3 is 0 Å². The summed E-state index contributed by atoms with van der Waals surface area (Å²) in [5.74, 6) is 2.23. The molecule has 0 spiro atoms. The summed E-state index contributed by atoms with van der Waals surface area (Å²) in [6.07, 6.45) is 0. The van der Waals surface area contributed by atoms with Crippen LogP contribution in [0.3, 0.4) is 0 Å². The average molecular weight is 552 g/mol.